The van der Waals surface area contributed by atoms with Crippen LogP contribution in [0.3, 0.4) is 0 Å². The normalized spacial score (nSPS) is 21.4. The van der Waals surface area contributed by atoms with E-state index in [2.05, 4.69) is 0 Å². The van der Waals surface area contributed by atoms with Crippen molar-refractivity contribution in [3.05, 3.63) is 108 Å². The Kier molecular flexibility index (Phi) is 7.31. The van der Waals surface area contributed by atoms with Gasteiger partial charge in [0.1, 0.15) is 12.7 Å². The van der Waals surface area contributed by atoms with Crippen LogP contribution in [0.15, 0.2) is 91.0 Å². The molecule has 34 heavy (non-hydrogen) atoms. The summed E-state index contributed by atoms with van der Waals surface area (Å²) in [7, 11) is 0. The third kappa shape index (κ3) is 5.48. The molecule has 1 heterocycles. The Balaban J connectivity index is 1.51. The first kappa shape index (κ1) is 23.2. The highest BCUT2D eigenvalue weighted by Crippen LogP contribution is 2.28. The molecule has 0 radical (unpaired) electrons. The number of hydrogen-bond acceptors (Lipinski definition) is 8. The molecule has 3 aromatic rings. The number of carbonyl (C=O) groups is 3. The average molecular weight is 462 g/mol. The number of aliphatic hydroxyl groups is 1. The van der Waals surface area contributed by atoms with E-state index in [1.807, 2.05) is 0 Å². The average Bonchev–Trinajstić information content (AvgIpc) is 3.17. The molecule has 3 aromatic carbocycles. The van der Waals surface area contributed by atoms with Gasteiger partial charge in [0.2, 0.25) is 0 Å². The van der Waals surface area contributed by atoms with E-state index in [1.165, 1.54) is 0 Å². The molecule has 0 bridgehead atoms. The Bertz CT molecular complexity index is 1120. The first-order chi connectivity index (χ1) is 16.5. The Morgan fingerprint density at radius 2 is 1.06 bits per heavy atom. The van der Waals surface area contributed by atoms with E-state index in [0.717, 1.165) is 0 Å². The number of aliphatic hydroxyl groups excluding tert-OH is 1. The third-order valence-electron chi connectivity index (χ3n) is 5.18. The smallest absolute Gasteiger partial charge is 0.338 e. The predicted molar refractivity (Wildman–Crippen MR) is 119 cm³/mol. The molecule has 0 aromatic heterocycles. The maximum absolute atomic E-state index is 12.7. The second kappa shape index (κ2) is 10.7. The van der Waals surface area contributed by atoms with E-state index in [4.69, 9.17) is 18.9 Å². The molecule has 2 unspecified atom stereocenters. The van der Waals surface area contributed by atoms with Crippen molar-refractivity contribution in [1.29, 1.82) is 0 Å². The fourth-order valence-corrected chi connectivity index (χ4v) is 3.46. The van der Waals surface area contributed by atoms with E-state index in [0.29, 0.717) is 5.56 Å². The van der Waals surface area contributed by atoms with Gasteiger partial charge in [-0.05, 0) is 36.4 Å². The summed E-state index contributed by atoms with van der Waals surface area (Å²) in [5, 5.41) is 10.5. The Hall–Kier alpha value is -4.01. The molecule has 0 amide bonds. The zero-order valence-corrected chi connectivity index (χ0v) is 18.0. The third-order valence-corrected chi connectivity index (χ3v) is 5.18. The summed E-state index contributed by atoms with van der Waals surface area (Å²) in [5.41, 5.74) is 0.838. The molecular weight excluding hydrogens is 440 g/mol. The highest BCUT2D eigenvalue weighted by Gasteiger charge is 2.50. The number of carbonyl (C=O) groups excluding carboxylic acids is 3. The van der Waals surface area contributed by atoms with E-state index < -0.39 is 42.5 Å². The second-order valence-electron chi connectivity index (χ2n) is 7.50. The van der Waals surface area contributed by atoms with Crippen molar-refractivity contribution in [2.45, 2.75) is 24.6 Å². The van der Waals surface area contributed by atoms with Crippen LogP contribution >= 0.6 is 0 Å². The van der Waals surface area contributed by atoms with Crippen molar-refractivity contribution < 1.29 is 38.4 Å². The summed E-state index contributed by atoms with van der Waals surface area (Å²) in [5.74, 6) is -2.05. The first-order valence-corrected chi connectivity index (χ1v) is 10.6. The molecule has 8 heteroatoms. The number of hydrogen-bond donors (Lipinski definition) is 1. The SMILES string of the molecule is O=C(OC[C@H]1OC(O)C(OC(=O)c2ccccc2)[C@H]1OC(=O)c1ccccc1)c1ccccc1. The largest absolute Gasteiger partial charge is 0.459 e. The lowest BCUT2D eigenvalue weighted by Crippen LogP contribution is -2.42. The van der Waals surface area contributed by atoms with Crippen LogP contribution in [0.2, 0.25) is 0 Å². The standard InChI is InChI=1S/C26H22O8/c27-23(17-10-4-1-5-11-17)31-16-20-21(33-24(28)18-12-6-2-7-13-18)22(26(30)32-20)34-25(29)19-14-8-3-9-15-19/h1-15,20-22,26,30H,16H2/t20-,21+,22?,26?/m1/s1. The molecule has 1 N–H and O–H groups in total. The quantitative estimate of drug-likeness (QED) is 0.422. The van der Waals surface area contributed by atoms with Gasteiger partial charge in [0, 0.05) is 0 Å². The molecule has 4 rings (SSSR count). The molecule has 174 valence electrons. The van der Waals surface area contributed by atoms with Gasteiger partial charge in [0.15, 0.2) is 18.5 Å². The molecule has 0 aliphatic carbocycles. The maximum atomic E-state index is 12.7. The predicted octanol–water partition coefficient (Wildman–Crippen LogP) is 3.01. The van der Waals surface area contributed by atoms with Gasteiger partial charge in [-0.2, -0.15) is 0 Å². The van der Waals surface area contributed by atoms with Crippen molar-refractivity contribution >= 4 is 17.9 Å². The van der Waals surface area contributed by atoms with Crippen molar-refractivity contribution in [2.24, 2.45) is 0 Å². The van der Waals surface area contributed by atoms with Gasteiger partial charge in [-0.1, -0.05) is 54.6 Å². The molecule has 4 atom stereocenters. The Morgan fingerprint density at radius 3 is 1.53 bits per heavy atom. The Labute approximate surface area is 195 Å². The maximum Gasteiger partial charge on any atom is 0.338 e. The van der Waals surface area contributed by atoms with Gasteiger partial charge in [0.05, 0.1) is 16.7 Å². The summed E-state index contributed by atoms with van der Waals surface area (Å²) in [6.45, 7) is -0.336. The molecular formula is C26H22O8. The van der Waals surface area contributed by atoms with E-state index in [-0.39, 0.29) is 17.7 Å². The lowest BCUT2D eigenvalue weighted by molar-refractivity contribution is -0.135. The van der Waals surface area contributed by atoms with Gasteiger partial charge in [-0.3, -0.25) is 0 Å². The van der Waals surface area contributed by atoms with E-state index in [9.17, 15) is 19.5 Å². The van der Waals surface area contributed by atoms with Gasteiger partial charge < -0.3 is 24.1 Å². The molecule has 8 nitrogen and oxygen atoms in total. The zero-order chi connectivity index (χ0) is 23.9. The lowest BCUT2D eigenvalue weighted by atomic mass is 10.1. The number of benzene rings is 3. The minimum Gasteiger partial charge on any atom is -0.459 e. The second-order valence-corrected chi connectivity index (χ2v) is 7.50. The van der Waals surface area contributed by atoms with Crippen LogP contribution in [0.25, 0.3) is 0 Å². The van der Waals surface area contributed by atoms with Gasteiger partial charge in [-0.15, -0.1) is 0 Å². The van der Waals surface area contributed by atoms with Crippen LogP contribution in [-0.2, 0) is 18.9 Å². The van der Waals surface area contributed by atoms with Gasteiger partial charge in [-0.25, -0.2) is 14.4 Å². The lowest BCUT2D eigenvalue weighted by Gasteiger charge is -2.23. The van der Waals surface area contributed by atoms with Crippen LogP contribution in [0.4, 0.5) is 0 Å². The van der Waals surface area contributed by atoms with Crippen LogP contribution in [-0.4, -0.2) is 54.2 Å². The van der Waals surface area contributed by atoms with Crippen molar-refractivity contribution in [3.8, 4) is 0 Å². The number of ether oxygens (including phenoxy) is 4. The van der Waals surface area contributed by atoms with Crippen LogP contribution in [0, 0.1) is 0 Å². The molecule has 0 saturated carbocycles. The van der Waals surface area contributed by atoms with Crippen LogP contribution in [0.5, 0.6) is 0 Å². The van der Waals surface area contributed by atoms with Crippen molar-refractivity contribution in [2.75, 3.05) is 6.61 Å². The van der Waals surface area contributed by atoms with Crippen molar-refractivity contribution in [3.63, 3.8) is 0 Å². The topological polar surface area (TPSA) is 108 Å². The van der Waals surface area contributed by atoms with E-state index >= 15 is 0 Å². The summed E-state index contributed by atoms with van der Waals surface area (Å²) in [4.78, 5) is 37.6. The molecule has 1 fully saturated rings. The van der Waals surface area contributed by atoms with Crippen LogP contribution < -0.4 is 0 Å². The fourth-order valence-electron chi connectivity index (χ4n) is 3.46. The van der Waals surface area contributed by atoms with Gasteiger partial charge >= 0.3 is 17.9 Å². The molecule has 0 spiro atoms. The minimum atomic E-state index is -1.60. The number of esters is 3. The Morgan fingerprint density at radius 1 is 0.647 bits per heavy atom. The highest BCUT2D eigenvalue weighted by molar-refractivity contribution is 5.90. The van der Waals surface area contributed by atoms with Crippen molar-refractivity contribution in [1.82, 2.24) is 0 Å². The number of rotatable bonds is 7. The molecule has 1 saturated heterocycles. The molecule has 1 aliphatic rings. The molecule has 1 aliphatic heterocycles. The van der Waals surface area contributed by atoms with Gasteiger partial charge in [0.25, 0.3) is 0 Å². The first-order valence-electron chi connectivity index (χ1n) is 10.6. The highest BCUT2D eigenvalue weighted by atomic mass is 16.7. The fraction of sp³-hybridized carbons (Fsp3) is 0.192. The zero-order valence-electron chi connectivity index (χ0n) is 18.0. The minimum absolute atomic E-state index is 0.252. The van der Waals surface area contributed by atoms with E-state index in [1.54, 1.807) is 91.0 Å². The summed E-state index contributed by atoms with van der Waals surface area (Å²) >= 11 is 0. The summed E-state index contributed by atoms with van der Waals surface area (Å²) in [6.07, 6.45) is -5.22. The van der Waals surface area contributed by atoms with Crippen LogP contribution in [0.1, 0.15) is 31.1 Å². The summed E-state index contributed by atoms with van der Waals surface area (Å²) in [6, 6.07) is 24.7. The monoisotopic (exact) mass is 462 g/mol. The summed E-state index contributed by atoms with van der Waals surface area (Å²) < 4.78 is 21.8.